The van der Waals surface area contributed by atoms with Gasteiger partial charge in [0.15, 0.2) is 0 Å². The van der Waals surface area contributed by atoms with Crippen LogP contribution in [0, 0.1) is 0 Å². The van der Waals surface area contributed by atoms with Gasteiger partial charge in [0.25, 0.3) is 5.56 Å². The number of rotatable bonds is 2. The summed E-state index contributed by atoms with van der Waals surface area (Å²) in [6.45, 7) is 0. The number of carbonyl (C=O) groups excluding carboxylic acids is 1. The first-order valence-electron chi connectivity index (χ1n) is 6.77. The highest BCUT2D eigenvalue weighted by Gasteiger charge is 2.30. The van der Waals surface area contributed by atoms with Gasteiger partial charge in [0.05, 0.1) is 16.5 Å². The molecule has 0 radical (unpaired) electrons. The van der Waals surface area contributed by atoms with E-state index in [9.17, 15) is 22.8 Å². The maximum Gasteiger partial charge on any atom is 0.416 e. The van der Waals surface area contributed by atoms with Gasteiger partial charge in [0.2, 0.25) is 5.91 Å². The van der Waals surface area contributed by atoms with Gasteiger partial charge < -0.3 is 10.7 Å². The number of fused-ring (bicyclic) bond motifs is 1. The summed E-state index contributed by atoms with van der Waals surface area (Å²) in [4.78, 5) is 29.9. The van der Waals surface area contributed by atoms with E-state index in [-0.39, 0.29) is 22.3 Å². The fourth-order valence-electron chi connectivity index (χ4n) is 2.27. The Hall–Kier alpha value is -3.16. The number of nitrogens with two attached hydrogens (primary N) is 1. The molecule has 1 heterocycles. The summed E-state index contributed by atoms with van der Waals surface area (Å²) in [5.41, 5.74) is 4.19. The van der Waals surface area contributed by atoms with E-state index >= 15 is 0 Å². The Kier molecular flexibility index (Phi) is 3.59. The Morgan fingerprint density at radius 2 is 1.88 bits per heavy atom. The van der Waals surface area contributed by atoms with Crippen LogP contribution < -0.4 is 11.3 Å². The summed E-state index contributed by atoms with van der Waals surface area (Å²) < 4.78 is 38.4. The molecular formula is C16H10F3N3O2. The van der Waals surface area contributed by atoms with Gasteiger partial charge in [-0.25, -0.2) is 4.98 Å². The second-order valence-corrected chi connectivity index (χ2v) is 5.09. The molecule has 0 unspecified atom stereocenters. The van der Waals surface area contributed by atoms with Gasteiger partial charge in [-0.05, 0) is 30.3 Å². The lowest BCUT2D eigenvalue weighted by molar-refractivity contribution is -0.137. The van der Waals surface area contributed by atoms with Crippen LogP contribution in [-0.2, 0) is 6.18 Å². The third-order valence-corrected chi connectivity index (χ3v) is 3.45. The van der Waals surface area contributed by atoms with Crippen molar-refractivity contribution in [2.75, 3.05) is 0 Å². The van der Waals surface area contributed by atoms with Crippen LogP contribution >= 0.6 is 0 Å². The number of hydrogen-bond donors (Lipinski definition) is 2. The zero-order valence-electron chi connectivity index (χ0n) is 12.0. The molecule has 0 aliphatic heterocycles. The van der Waals surface area contributed by atoms with E-state index in [2.05, 4.69) is 9.97 Å². The molecular weight excluding hydrogens is 323 g/mol. The van der Waals surface area contributed by atoms with Crippen molar-refractivity contribution in [3.8, 4) is 11.4 Å². The third kappa shape index (κ3) is 2.85. The van der Waals surface area contributed by atoms with E-state index in [1.807, 2.05) is 0 Å². The van der Waals surface area contributed by atoms with Crippen LogP contribution in [0.4, 0.5) is 13.2 Å². The van der Waals surface area contributed by atoms with Gasteiger partial charge in [0.1, 0.15) is 5.82 Å². The van der Waals surface area contributed by atoms with Crippen molar-refractivity contribution in [1.29, 1.82) is 0 Å². The van der Waals surface area contributed by atoms with Crippen LogP contribution in [-0.4, -0.2) is 15.9 Å². The molecule has 3 rings (SSSR count). The summed E-state index contributed by atoms with van der Waals surface area (Å²) in [5, 5.41) is 0.0396. The Bertz CT molecular complexity index is 1010. The number of aromatic amines is 1. The smallest absolute Gasteiger partial charge is 0.366 e. The minimum Gasteiger partial charge on any atom is -0.366 e. The van der Waals surface area contributed by atoms with E-state index in [0.717, 1.165) is 18.2 Å². The van der Waals surface area contributed by atoms with E-state index in [1.54, 1.807) is 6.07 Å². The molecule has 5 nitrogen and oxygen atoms in total. The minimum atomic E-state index is -4.54. The number of nitrogens with zero attached hydrogens (tertiary/aromatic N) is 1. The maximum atomic E-state index is 12.8. The van der Waals surface area contributed by atoms with E-state index in [0.29, 0.717) is 5.56 Å². The van der Waals surface area contributed by atoms with Crippen LogP contribution in [0.1, 0.15) is 15.9 Å². The quantitative estimate of drug-likeness (QED) is 0.756. The number of halogens is 3. The normalized spacial score (nSPS) is 11.6. The predicted molar refractivity (Wildman–Crippen MR) is 81.3 cm³/mol. The van der Waals surface area contributed by atoms with Gasteiger partial charge in [0, 0.05) is 11.1 Å². The molecule has 24 heavy (non-hydrogen) atoms. The minimum absolute atomic E-state index is 0.0396. The first-order chi connectivity index (χ1) is 11.3. The van der Waals surface area contributed by atoms with Crippen molar-refractivity contribution in [2.45, 2.75) is 6.18 Å². The number of nitrogens with one attached hydrogen (secondary N) is 1. The van der Waals surface area contributed by atoms with Crippen molar-refractivity contribution in [1.82, 2.24) is 9.97 Å². The standard InChI is InChI=1S/C16H10F3N3O2/c17-16(18,19)10-4-5-11-12(7-10)21-14(22-15(11)24)9-3-1-2-8(6-9)13(20)23/h1-7H,(H2,20,23)(H,21,22,24). The highest BCUT2D eigenvalue weighted by Crippen LogP contribution is 2.30. The monoisotopic (exact) mass is 333 g/mol. The van der Waals surface area contributed by atoms with Crippen molar-refractivity contribution >= 4 is 16.8 Å². The Labute approximate surface area is 132 Å². The number of carbonyl (C=O) groups is 1. The van der Waals surface area contributed by atoms with Gasteiger partial charge >= 0.3 is 6.18 Å². The molecule has 8 heteroatoms. The summed E-state index contributed by atoms with van der Waals surface area (Å²) in [6, 6.07) is 8.69. The van der Waals surface area contributed by atoms with Gasteiger partial charge in [-0.2, -0.15) is 13.2 Å². The molecule has 0 aliphatic rings. The maximum absolute atomic E-state index is 12.8. The van der Waals surface area contributed by atoms with E-state index in [1.165, 1.54) is 18.2 Å². The molecule has 1 aromatic heterocycles. The molecule has 0 saturated carbocycles. The summed E-state index contributed by atoms with van der Waals surface area (Å²) >= 11 is 0. The predicted octanol–water partition coefficient (Wildman–Crippen LogP) is 2.71. The fraction of sp³-hybridized carbons (Fsp3) is 0.0625. The molecule has 0 fully saturated rings. The topological polar surface area (TPSA) is 88.8 Å². The number of hydrogen-bond acceptors (Lipinski definition) is 3. The molecule has 0 aliphatic carbocycles. The number of primary amides is 1. The van der Waals surface area contributed by atoms with E-state index < -0.39 is 23.2 Å². The van der Waals surface area contributed by atoms with Crippen LogP contribution in [0.25, 0.3) is 22.3 Å². The Morgan fingerprint density at radius 3 is 2.54 bits per heavy atom. The first-order valence-corrected chi connectivity index (χ1v) is 6.77. The van der Waals surface area contributed by atoms with Gasteiger partial charge in [-0.15, -0.1) is 0 Å². The second-order valence-electron chi connectivity index (χ2n) is 5.09. The summed E-state index contributed by atoms with van der Waals surface area (Å²) in [7, 11) is 0. The molecule has 1 amide bonds. The van der Waals surface area contributed by atoms with Crippen molar-refractivity contribution in [2.24, 2.45) is 5.73 Å². The molecule has 0 saturated heterocycles. The second kappa shape index (κ2) is 5.48. The summed E-state index contributed by atoms with van der Waals surface area (Å²) in [5.74, 6) is -0.616. The van der Waals surface area contributed by atoms with Gasteiger partial charge in [-0.3, -0.25) is 9.59 Å². The molecule has 3 N–H and O–H groups in total. The lowest BCUT2D eigenvalue weighted by Crippen LogP contribution is -2.13. The molecule has 3 aromatic rings. The number of H-pyrrole nitrogens is 1. The number of aromatic nitrogens is 2. The van der Waals surface area contributed by atoms with Crippen molar-refractivity contribution in [3.63, 3.8) is 0 Å². The van der Waals surface area contributed by atoms with E-state index in [4.69, 9.17) is 5.73 Å². The third-order valence-electron chi connectivity index (χ3n) is 3.45. The molecule has 2 aromatic carbocycles. The lowest BCUT2D eigenvalue weighted by atomic mass is 10.1. The lowest BCUT2D eigenvalue weighted by Gasteiger charge is -2.08. The molecule has 0 bridgehead atoms. The van der Waals surface area contributed by atoms with Gasteiger partial charge in [-0.1, -0.05) is 12.1 Å². The molecule has 0 atom stereocenters. The number of amides is 1. The highest BCUT2D eigenvalue weighted by molar-refractivity contribution is 5.94. The largest absolute Gasteiger partial charge is 0.416 e. The number of alkyl halides is 3. The fourth-order valence-corrected chi connectivity index (χ4v) is 2.27. The van der Waals surface area contributed by atoms with Crippen LogP contribution in [0.15, 0.2) is 47.3 Å². The van der Waals surface area contributed by atoms with Crippen LogP contribution in [0.5, 0.6) is 0 Å². The zero-order valence-corrected chi connectivity index (χ0v) is 12.0. The van der Waals surface area contributed by atoms with Crippen molar-refractivity contribution in [3.05, 3.63) is 63.9 Å². The van der Waals surface area contributed by atoms with Crippen molar-refractivity contribution < 1.29 is 18.0 Å². The molecule has 0 spiro atoms. The average Bonchev–Trinajstić information content (AvgIpc) is 2.53. The highest BCUT2D eigenvalue weighted by atomic mass is 19.4. The van der Waals surface area contributed by atoms with Crippen LogP contribution in [0.2, 0.25) is 0 Å². The SMILES string of the molecule is NC(=O)c1cccc(-c2nc3cc(C(F)(F)F)ccc3c(=O)[nH]2)c1. The first kappa shape index (κ1) is 15.7. The Balaban J connectivity index is 2.21. The van der Waals surface area contributed by atoms with Crippen LogP contribution in [0.3, 0.4) is 0 Å². The molecule has 122 valence electrons. The average molecular weight is 333 g/mol. The zero-order chi connectivity index (χ0) is 17.5. The number of benzene rings is 2. The Morgan fingerprint density at radius 1 is 1.12 bits per heavy atom. The summed E-state index contributed by atoms with van der Waals surface area (Å²) in [6.07, 6.45) is -4.54.